The fourth-order valence-corrected chi connectivity index (χ4v) is 3.52. The highest BCUT2D eigenvalue weighted by molar-refractivity contribution is 7.20. The Labute approximate surface area is 170 Å². The monoisotopic (exact) mass is 414 g/mol. The first-order valence-electron chi connectivity index (χ1n) is 8.67. The van der Waals surface area contributed by atoms with Crippen LogP contribution in [0.1, 0.15) is 22.2 Å². The molecule has 1 N–H and O–H groups in total. The number of thiophene rings is 1. The molecule has 9 heteroatoms. The first-order chi connectivity index (χ1) is 13.9. The van der Waals surface area contributed by atoms with Gasteiger partial charge in [0, 0.05) is 28.8 Å². The van der Waals surface area contributed by atoms with Crippen LogP contribution in [0.25, 0.3) is 10.1 Å². The molecule has 1 amide bonds. The van der Waals surface area contributed by atoms with Gasteiger partial charge in [-0.15, -0.1) is 11.3 Å². The van der Waals surface area contributed by atoms with Crippen molar-refractivity contribution >= 4 is 39.0 Å². The van der Waals surface area contributed by atoms with Crippen molar-refractivity contribution in [2.45, 2.75) is 19.6 Å². The van der Waals surface area contributed by atoms with E-state index in [4.69, 9.17) is 9.47 Å². The number of hydrogen-bond acceptors (Lipinski definition) is 7. The number of fused-ring (bicyclic) bond motifs is 1. The molecule has 1 atom stereocenters. The van der Waals surface area contributed by atoms with Crippen LogP contribution in [-0.4, -0.2) is 30.0 Å². The predicted octanol–water partition coefficient (Wildman–Crippen LogP) is 3.68. The summed E-state index contributed by atoms with van der Waals surface area (Å²) in [7, 11) is 1.57. The lowest BCUT2D eigenvalue weighted by atomic mass is 10.2. The van der Waals surface area contributed by atoms with Crippen LogP contribution in [0.15, 0.2) is 48.5 Å². The Balaban J connectivity index is 1.59. The normalized spacial score (nSPS) is 11.7. The SMILES string of the molecule is COc1ccc(CNC(=O)[C@H](C)OC(=O)c2cc3cc([N+](=O)[O-])ccc3s2)cc1. The van der Waals surface area contributed by atoms with Crippen LogP contribution in [0.3, 0.4) is 0 Å². The lowest BCUT2D eigenvalue weighted by molar-refractivity contribution is -0.384. The fourth-order valence-electron chi connectivity index (χ4n) is 2.59. The van der Waals surface area contributed by atoms with Gasteiger partial charge in [-0.05, 0) is 36.8 Å². The Morgan fingerprint density at radius 1 is 1.17 bits per heavy atom. The van der Waals surface area contributed by atoms with Gasteiger partial charge in [0.25, 0.3) is 11.6 Å². The number of non-ortho nitro benzene ring substituents is 1. The summed E-state index contributed by atoms with van der Waals surface area (Å²) in [5, 5.41) is 14.2. The topological polar surface area (TPSA) is 108 Å². The summed E-state index contributed by atoms with van der Waals surface area (Å²) in [6.07, 6.45) is -0.986. The van der Waals surface area contributed by atoms with E-state index in [1.54, 1.807) is 25.3 Å². The number of carbonyl (C=O) groups excluding carboxylic acids is 2. The quantitative estimate of drug-likeness (QED) is 0.359. The molecule has 0 unspecified atom stereocenters. The molecule has 0 aliphatic rings. The number of amides is 1. The second-order valence-electron chi connectivity index (χ2n) is 6.20. The van der Waals surface area contributed by atoms with E-state index in [9.17, 15) is 19.7 Å². The Morgan fingerprint density at radius 2 is 1.90 bits per heavy atom. The Morgan fingerprint density at radius 3 is 2.55 bits per heavy atom. The van der Waals surface area contributed by atoms with Crippen molar-refractivity contribution in [2.75, 3.05) is 7.11 Å². The molecule has 0 saturated carbocycles. The molecule has 3 aromatic rings. The van der Waals surface area contributed by atoms with Gasteiger partial charge in [-0.25, -0.2) is 4.79 Å². The van der Waals surface area contributed by atoms with Gasteiger partial charge in [0.2, 0.25) is 0 Å². The minimum atomic E-state index is -0.986. The first-order valence-corrected chi connectivity index (χ1v) is 9.48. The Bertz CT molecular complexity index is 1060. The number of hydrogen-bond donors (Lipinski definition) is 1. The molecule has 0 radical (unpaired) electrons. The maximum atomic E-state index is 12.4. The lowest BCUT2D eigenvalue weighted by Crippen LogP contribution is -2.35. The summed E-state index contributed by atoms with van der Waals surface area (Å²) >= 11 is 1.15. The standard InChI is InChI=1S/C20H18N2O6S/c1-12(19(23)21-11-13-3-6-16(27-2)7-4-13)28-20(24)18-10-14-9-15(22(25)26)5-8-17(14)29-18/h3-10,12H,11H2,1-2H3,(H,21,23)/t12-/m0/s1. The molecule has 3 rings (SSSR count). The number of nitro groups is 1. The van der Waals surface area contributed by atoms with Gasteiger partial charge < -0.3 is 14.8 Å². The molecule has 29 heavy (non-hydrogen) atoms. The molecule has 0 spiro atoms. The molecule has 0 bridgehead atoms. The average molecular weight is 414 g/mol. The van der Waals surface area contributed by atoms with E-state index in [1.165, 1.54) is 25.1 Å². The number of nitro benzene ring substituents is 1. The third kappa shape index (κ3) is 4.88. The molecule has 0 aliphatic heterocycles. The number of nitrogens with one attached hydrogen (secondary N) is 1. The number of methoxy groups -OCH3 is 1. The van der Waals surface area contributed by atoms with Gasteiger partial charge in [-0.3, -0.25) is 14.9 Å². The van der Waals surface area contributed by atoms with Crippen LogP contribution in [0.5, 0.6) is 5.75 Å². The maximum Gasteiger partial charge on any atom is 0.349 e. The third-order valence-electron chi connectivity index (χ3n) is 4.19. The minimum absolute atomic E-state index is 0.0542. The van der Waals surface area contributed by atoms with Crippen LogP contribution in [0.2, 0.25) is 0 Å². The van der Waals surface area contributed by atoms with E-state index in [1.807, 2.05) is 12.1 Å². The summed E-state index contributed by atoms with van der Waals surface area (Å²) in [5.74, 6) is -0.358. The van der Waals surface area contributed by atoms with Crippen LogP contribution in [-0.2, 0) is 16.1 Å². The van der Waals surface area contributed by atoms with E-state index in [0.717, 1.165) is 27.3 Å². The fraction of sp³-hybridized carbons (Fsp3) is 0.200. The van der Waals surface area contributed by atoms with Gasteiger partial charge in [0.1, 0.15) is 10.6 Å². The van der Waals surface area contributed by atoms with Crippen molar-refractivity contribution in [3.8, 4) is 5.75 Å². The highest BCUT2D eigenvalue weighted by atomic mass is 32.1. The molecule has 0 aliphatic carbocycles. The second kappa shape index (κ2) is 8.70. The van der Waals surface area contributed by atoms with Crippen LogP contribution >= 0.6 is 11.3 Å². The highest BCUT2D eigenvalue weighted by Gasteiger charge is 2.21. The summed E-state index contributed by atoms with van der Waals surface area (Å²) in [4.78, 5) is 35.2. The van der Waals surface area contributed by atoms with Crippen molar-refractivity contribution in [2.24, 2.45) is 0 Å². The second-order valence-corrected chi connectivity index (χ2v) is 7.29. The molecule has 8 nitrogen and oxygen atoms in total. The summed E-state index contributed by atoms with van der Waals surface area (Å²) in [5.41, 5.74) is 0.824. The van der Waals surface area contributed by atoms with Crippen molar-refractivity contribution in [3.05, 3.63) is 69.1 Å². The summed E-state index contributed by atoms with van der Waals surface area (Å²) in [6.45, 7) is 1.77. The molecule has 0 fully saturated rings. The lowest BCUT2D eigenvalue weighted by Gasteiger charge is -2.13. The van der Waals surface area contributed by atoms with Gasteiger partial charge in [0.05, 0.1) is 12.0 Å². The third-order valence-corrected chi connectivity index (χ3v) is 5.29. The molecular formula is C20H18N2O6S. The predicted molar refractivity (Wildman–Crippen MR) is 108 cm³/mol. The van der Waals surface area contributed by atoms with Crippen LogP contribution in [0.4, 0.5) is 5.69 Å². The smallest absolute Gasteiger partial charge is 0.349 e. The van der Waals surface area contributed by atoms with Gasteiger partial charge in [-0.2, -0.15) is 0 Å². The molecule has 0 saturated heterocycles. The summed E-state index contributed by atoms with van der Waals surface area (Å²) < 4.78 is 11.0. The Kier molecular flexibility index (Phi) is 6.08. The zero-order chi connectivity index (χ0) is 21.0. The average Bonchev–Trinajstić information content (AvgIpc) is 3.15. The zero-order valence-electron chi connectivity index (χ0n) is 15.7. The number of carbonyl (C=O) groups is 2. The van der Waals surface area contributed by atoms with Crippen molar-refractivity contribution < 1.29 is 24.0 Å². The number of rotatable bonds is 7. The van der Waals surface area contributed by atoms with Gasteiger partial charge >= 0.3 is 5.97 Å². The maximum absolute atomic E-state index is 12.4. The minimum Gasteiger partial charge on any atom is -0.497 e. The number of benzene rings is 2. The molecule has 2 aromatic carbocycles. The van der Waals surface area contributed by atoms with Crippen molar-refractivity contribution in [1.29, 1.82) is 0 Å². The largest absolute Gasteiger partial charge is 0.497 e. The zero-order valence-corrected chi connectivity index (χ0v) is 16.5. The van der Waals surface area contributed by atoms with E-state index >= 15 is 0 Å². The van der Waals surface area contributed by atoms with Gasteiger partial charge in [-0.1, -0.05) is 12.1 Å². The van der Waals surface area contributed by atoms with E-state index in [0.29, 0.717) is 5.39 Å². The van der Waals surface area contributed by atoms with Crippen molar-refractivity contribution in [1.82, 2.24) is 5.32 Å². The number of esters is 1. The number of ether oxygens (including phenoxy) is 2. The molecule has 1 heterocycles. The molecular weight excluding hydrogens is 396 g/mol. The van der Waals surface area contributed by atoms with Gasteiger partial charge in [0.15, 0.2) is 6.10 Å². The van der Waals surface area contributed by atoms with E-state index < -0.39 is 22.9 Å². The molecule has 150 valence electrons. The number of nitrogens with zero attached hydrogens (tertiary/aromatic N) is 1. The Hall–Kier alpha value is -3.46. The van der Waals surface area contributed by atoms with Crippen molar-refractivity contribution in [3.63, 3.8) is 0 Å². The van der Waals surface area contributed by atoms with Crippen LogP contribution < -0.4 is 10.1 Å². The molecule has 1 aromatic heterocycles. The van der Waals surface area contributed by atoms with E-state index in [-0.39, 0.29) is 17.1 Å². The highest BCUT2D eigenvalue weighted by Crippen LogP contribution is 2.29. The summed E-state index contributed by atoms with van der Waals surface area (Å²) in [6, 6.07) is 13.1. The van der Waals surface area contributed by atoms with E-state index in [2.05, 4.69) is 5.32 Å². The van der Waals surface area contributed by atoms with Crippen LogP contribution in [0, 0.1) is 10.1 Å². The first kappa shape index (κ1) is 20.3.